The first kappa shape index (κ1) is 13.8. The van der Waals surface area contributed by atoms with Gasteiger partial charge in [0.1, 0.15) is 0 Å². The van der Waals surface area contributed by atoms with Gasteiger partial charge in [-0.05, 0) is 42.7 Å². The van der Waals surface area contributed by atoms with Crippen LogP contribution >= 0.6 is 0 Å². The van der Waals surface area contributed by atoms with Crippen LogP contribution in [0, 0.1) is 5.92 Å². The minimum atomic E-state index is -2.89. The molecule has 1 saturated heterocycles. The molecule has 1 atom stereocenters. The molecule has 108 valence electrons. The summed E-state index contributed by atoms with van der Waals surface area (Å²) in [5.74, 6) is 1.15. The highest BCUT2D eigenvalue weighted by Crippen LogP contribution is 2.36. The lowest BCUT2D eigenvalue weighted by molar-refractivity contribution is 0.0965. The van der Waals surface area contributed by atoms with Gasteiger partial charge in [0.15, 0.2) is 15.6 Å². The van der Waals surface area contributed by atoms with Gasteiger partial charge in [0.2, 0.25) is 0 Å². The number of Topliss-reactive ketones (excluding diaryl/α,β-unsaturated/α-hetero) is 1. The zero-order valence-electron chi connectivity index (χ0n) is 11.5. The fraction of sp³-hybridized carbons (Fsp3) is 0.562. The molecule has 3 rings (SSSR count). The molecule has 4 heteroatoms. The van der Waals surface area contributed by atoms with Crippen molar-refractivity contribution in [3.63, 3.8) is 0 Å². The largest absolute Gasteiger partial charge is 0.294 e. The highest BCUT2D eigenvalue weighted by molar-refractivity contribution is 7.91. The van der Waals surface area contributed by atoms with Gasteiger partial charge in [0, 0.05) is 12.0 Å². The summed E-state index contributed by atoms with van der Waals surface area (Å²) in [7, 11) is -2.89. The Hall–Kier alpha value is -1.16. The number of hydrogen-bond acceptors (Lipinski definition) is 3. The number of carbonyl (C=O) groups excluding carboxylic acids is 1. The maximum Gasteiger partial charge on any atom is 0.163 e. The van der Waals surface area contributed by atoms with E-state index >= 15 is 0 Å². The number of rotatable bonds is 4. The van der Waals surface area contributed by atoms with Crippen molar-refractivity contribution in [3.05, 3.63) is 35.4 Å². The van der Waals surface area contributed by atoms with E-state index in [-0.39, 0.29) is 23.2 Å². The fourth-order valence-corrected chi connectivity index (χ4v) is 4.98. The molecule has 1 unspecified atom stereocenters. The molecule has 0 amide bonds. The van der Waals surface area contributed by atoms with Gasteiger partial charge in [-0.2, -0.15) is 0 Å². The predicted molar refractivity (Wildman–Crippen MR) is 78.7 cm³/mol. The Morgan fingerprint density at radius 1 is 1.20 bits per heavy atom. The lowest BCUT2D eigenvalue weighted by atomic mass is 9.79. The lowest BCUT2D eigenvalue weighted by Gasteiger charge is -2.26. The van der Waals surface area contributed by atoms with Gasteiger partial charge in [-0.3, -0.25) is 4.79 Å². The van der Waals surface area contributed by atoms with Gasteiger partial charge in [0.25, 0.3) is 0 Å². The number of carbonyl (C=O) groups is 1. The Balaban J connectivity index is 1.68. The van der Waals surface area contributed by atoms with E-state index in [1.54, 1.807) is 0 Å². The van der Waals surface area contributed by atoms with Crippen LogP contribution in [0.15, 0.2) is 24.3 Å². The van der Waals surface area contributed by atoms with Crippen LogP contribution in [0.25, 0.3) is 0 Å². The molecular weight excluding hydrogens is 272 g/mol. The molecule has 0 aromatic heterocycles. The third kappa shape index (κ3) is 2.95. The van der Waals surface area contributed by atoms with Crippen molar-refractivity contribution in [1.82, 2.24) is 0 Å². The average Bonchev–Trinajstić information content (AvgIpc) is 2.67. The van der Waals surface area contributed by atoms with Gasteiger partial charge in [-0.1, -0.05) is 24.6 Å². The van der Waals surface area contributed by atoms with E-state index in [0.29, 0.717) is 18.8 Å². The van der Waals surface area contributed by atoms with Gasteiger partial charge in [-0.15, -0.1) is 0 Å². The van der Waals surface area contributed by atoms with Crippen LogP contribution in [0.5, 0.6) is 0 Å². The second kappa shape index (κ2) is 5.32. The molecule has 2 aliphatic rings. The first-order valence-corrected chi connectivity index (χ1v) is 9.19. The Labute approximate surface area is 120 Å². The van der Waals surface area contributed by atoms with Crippen LogP contribution < -0.4 is 0 Å². The zero-order valence-corrected chi connectivity index (χ0v) is 12.4. The van der Waals surface area contributed by atoms with Crippen LogP contribution in [0.1, 0.15) is 53.9 Å². The van der Waals surface area contributed by atoms with Crippen LogP contribution in [-0.2, 0) is 9.84 Å². The molecule has 1 aliphatic carbocycles. The Morgan fingerprint density at radius 3 is 2.60 bits per heavy atom. The monoisotopic (exact) mass is 292 g/mol. The van der Waals surface area contributed by atoms with Crippen molar-refractivity contribution in [2.45, 2.75) is 38.0 Å². The molecule has 2 fully saturated rings. The minimum Gasteiger partial charge on any atom is -0.294 e. The minimum absolute atomic E-state index is 0.0138. The summed E-state index contributed by atoms with van der Waals surface area (Å²) in [6.45, 7) is 0. The van der Waals surface area contributed by atoms with Crippen molar-refractivity contribution in [1.29, 1.82) is 0 Å². The van der Waals surface area contributed by atoms with Crippen molar-refractivity contribution in [2.75, 3.05) is 11.5 Å². The molecule has 20 heavy (non-hydrogen) atoms. The van der Waals surface area contributed by atoms with E-state index in [0.717, 1.165) is 5.56 Å². The number of hydrogen-bond donors (Lipinski definition) is 0. The van der Waals surface area contributed by atoms with Gasteiger partial charge >= 0.3 is 0 Å². The van der Waals surface area contributed by atoms with Crippen molar-refractivity contribution < 1.29 is 13.2 Å². The Morgan fingerprint density at radius 2 is 2.00 bits per heavy atom. The molecule has 1 aliphatic heterocycles. The second-order valence-electron chi connectivity index (χ2n) is 6.15. The molecule has 1 saturated carbocycles. The number of sulfone groups is 1. The number of ketones is 1. The molecule has 1 aromatic carbocycles. The summed E-state index contributed by atoms with van der Waals surface area (Å²) >= 11 is 0. The van der Waals surface area contributed by atoms with Crippen molar-refractivity contribution in [3.8, 4) is 0 Å². The van der Waals surface area contributed by atoms with Crippen LogP contribution in [-0.4, -0.2) is 25.7 Å². The Kier molecular flexibility index (Phi) is 3.67. The molecule has 1 heterocycles. The molecule has 0 spiro atoms. The summed E-state index contributed by atoms with van der Waals surface area (Å²) in [5, 5.41) is 0. The van der Waals surface area contributed by atoms with Crippen LogP contribution in [0.4, 0.5) is 0 Å². The first-order valence-electron chi connectivity index (χ1n) is 7.37. The topological polar surface area (TPSA) is 51.2 Å². The standard InChI is InChI=1S/C16H20O3S/c17-16(9-12-7-8-20(18,19)11-12)15-6-2-5-14(10-15)13-3-1-4-13/h2,5-6,10,12-13H,1,3-4,7-9,11H2. The fourth-order valence-electron chi connectivity index (χ4n) is 3.12. The van der Waals surface area contributed by atoms with E-state index in [1.807, 2.05) is 18.2 Å². The van der Waals surface area contributed by atoms with Gasteiger partial charge < -0.3 is 0 Å². The number of benzene rings is 1. The quantitative estimate of drug-likeness (QED) is 0.802. The summed E-state index contributed by atoms with van der Waals surface area (Å²) in [4.78, 5) is 12.3. The molecule has 0 N–H and O–H groups in total. The highest BCUT2D eigenvalue weighted by Gasteiger charge is 2.29. The molecule has 0 radical (unpaired) electrons. The molecule has 3 nitrogen and oxygen atoms in total. The van der Waals surface area contributed by atoms with E-state index in [9.17, 15) is 13.2 Å². The van der Waals surface area contributed by atoms with Gasteiger partial charge in [0.05, 0.1) is 11.5 Å². The molecule has 0 bridgehead atoms. The summed E-state index contributed by atoms with van der Waals surface area (Å²) in [5.41, 5.74) is 2.01. The SMILES string of the molecule is O=C(CC1CCS(=O)(=O)C1)c1cccc(C2CCC2)c1. The third-order valence-electron chi connectivity index (χ3n) is 4.59. The Bertz CT molecular complexity index is 614. The summed E-state index contributed by atoms with van der Waals surface area (Å²) in [6.07, 6.45) is 4.73. The van der Waals surface area contributed by atoms with Crippen molar-refractivity contribution in [2.24, 2.45) is 5.92 Å². The second-order valence-corrected chi connectivity index (χ2v) is 8.38. The maximum atomic E-state index is 12.3. The van der Waals surface area contributed by atoms with E-state index in [4.69, 9.17) is 0 Å². The lowest BCUT2D eigenvalue weighted by Crippen LogP contribution is -2.12. The maximum absolute atomic E-state index is 12.3. The van der Waals surface area contributed by atoms with E-state index in [2.05, 4.69) is 6.07 Å². The van der Waals surface area contributed by atoms with E-state index < -0.39 is 9.84 Å². The molecular formula is C16H20O3S. The predicted octanol–water partition coefficient (Wildman–Crippen LogP) is 2.96. The van der Waals surface area contributed by atoms with E-state index in [1.165, 1.54) is 24.8 Å². The summed E-state index contributed by atoms with van der Waals surface area (Å²) in [6, 6.07) is 7.91. The van der Waals surface area contributed by atoms with Crippen LogP contribution in [0.3, 0.4) is 0 Å². The molecule has 1 aromatic rings. The average molecular weight is 292 g/mol. The zero-order chi connectivity index (χ0) is 14.2. The highest BCUT2D eigenvalue weighted by atomic mass is 32.2. The van der Waals surface area contributed by atoms with Crippen LogP contribution in [0.2, 0.25) is 0 Å². The third-order valence-corrected chi connectivity index (χ3v) is 6.42. The smallest absolute Gasteiger partial charge is 0.163 e. The first-order chi connectivity index (χ1) is 9.53. The van der Waals surface area contributed by atoms with Gasteiger partial charge in [-0.25, -0.2) is 8.42 Å². The van der Waals surface area contributed by atoms with Crippen molar-refractivity contribution >= 4 is 15.6 Å². The normalized spacial score (nSPS) is 25.3. The summed E-state index contributed by atoms with van der Waals surface area (Å²) < 4.78 is 22.9.